The van der Waals surface area contributed by atoms with Crippen LogP contribution in [0.25, 0.3) is 6.08 Å². The normalized spacial score (nSPS) is 12.9. The van der Waals surface area contributed by atoms with Gasteiger partial charge in [0.25, 0.3) is 6.10 Å². The maximum Gasteiger partial charge on any atom is 0.434 e. The van der Waals surface area contributed by atoms with Crippen molar-refractivity contribution >= 4 is 12.0 Å². The number of carbonyl (C=O) groups excluding carboxylic acids is 1. The molecule has 20 heavy (non-hydrogen) atoms. The minimum absolute atomic E-state index is 0.431. The lowest BCUT2D eigenvalue weighted by atomic mass is 10.2. The van der Waals surface area contributed by atoms with Crippen molar-refractivity contribution in [3.05, 3.63) is 42.0 Å². The molecule has 2 nitrogen and oxygen atoms in total. The Morgan fingerprint density at radius 2 is 1.50 bits per heavy atom. The predicted molar refractivity (Wildman–Crippen MR) is 57.5 cm³/mol. The Morgan fingerprint density at radius 1 is 1.00 bits per heavy atom. The zero-order chi connectivity index (χ0) is 15.4. The first-order valence-corrected chi connectivity index (χ1v) is 5.18. The molecule has 1 aromatic rings. The Bertz CT molecular complexity index is 461. The van der Waals surface area contributed by atoms with Gasteiger partial charge in [-0.25, -0.2) is 4.79 Å². The van der Waals surface area contributed by atoms with E-state index in [0.29, 0.717) is 11.6 Å². The first-order chi connectivity index (χ1) is 9.10. The maximum absolute atomic E-state index is 12.1. The predicted octanol–water partition coefficient (Wildman–Crippen LogP) is 3.74. The van der Waals surface area contributed by atoms with E-state index in [0.717, 1.165) is 6.08 Å². The summed E-state index contributed by atoms with van der Waals surface area (Å²) in [5.74, 6) is -1.73. The summed E-state index contributed by atoms with van der Waals surface area (Å²) in [5.41, 5.74) is 0.431. The fourth-order valence-electron chi connectivity index (χ4n) is 1.20. The highest BCUT2D eigenvalue weighted by atomic mass is 19.4. The molecule has 0 amide bonds. The number of hydrogen-bond donors (Lipinski definition) is 0. The molecule has 0 fully saturated rings. The number of hydrogen-bond acceptors (Lipinski definition) is 2. The lowest BCUT2D eigenvalue weighted by Crippen LogP contribution is -2.45. The molecular weight excluding hydrogens is 290 g/mol. The van der Waals surface area contributed by atoms with E-state index in [9.17, 15) is 31.1 Å². The standard InChI is InChI=1S/C12H8F6O2/c13-11(14,15)10(12(16,17)18)20-9(19)7-6-8-4-2-1-3-5-8/h1-7,10H. The highest BCUT2D eigenvalue weighted by Crippen LogP contribution is 2.35. The number of esters is 1. The van der Waals surface area contributed by atoms with Crippen molar-refractivity contribution < 1.29 is 35.9 Å². The van der Waals surface area contributed by atoms with E-state index in [1.54, 1.807) is 18.2 Å². The molecule has 8 heteroatoms. The molecule has 0 aliphatic rings. The Kier molecular flexibility index (Phi) is 4.80. The van der Waals surface area contributed by atoms with Crippen LogP contribution in [0.3, 0.4) is 0 Å². The Balaban J connectivity index is 2.76. The van der Waals surface area contributed by atoms with Crippen LogP contribution in [-0.2, 0) is 9.53 Å². The van der Waals surface area contributed by atoms with Gasteiger partial charge in [-0.15, -0.1) is 0 Å². The van der Waals surface area contributed by atoms with Crippen molar-refractivity contribution in [2.45, 2.75) is 18.5 Å². The van der Waals surface area contributed by atoms with Crippen LogP contribution in [0, 0.1) is 0 Å². The largest absolute Gasteiger partial charge is 0.440 e. The number of carbonyl (C=O) groups is 1. The zero-order valence-electron chi connectivity index (χ0n) is 9.70. The summed E-state index contributed by atoms with van der Waals surface area (Å²) in [6.45, 7) is 0. The molecule has 0 aliphatic heterocycles. The van der Waals surface area contributed by atoms with Crippen LogP contribution in [0.15, 0.2) is 36.4 Å². The molecule has 0 unspecified atom stereocenters. The number of benzene rings is 1. The molecule has 0 radical (unpaired) electrons. The van der Waals surface area contributed by atoms with Gasteiger partial charge >= 0.3 is 18.3 Å². The second kappa shape index (κ2) is 5.98. The van der Waals surface area contributed by atoms with E-state index in [2.05, 4.69) is 4.74 Å². The Hall–Kier alpha value is -1.99. The van der Waals surface area contributed by atoms with E-state index in [4.69, 9.17) is 0 Å². The van der Waals surface area contributed by atoms with Crippen LogP contribution in [0.2, 0.25) is 0 Å². The highest BCUT2D eigenvalue weighted by Gasteiger charge is 2.59. The molecule has 0 N–H and O–H groups in total. The van der Waals surface area contributed by atoms with Crippen LogP contribution in [-0.4, -0.2) is 24.4 Å². The molecule has 0 saturated carbocycles. The number of alkyl halides is 6. The minimum Gasteiger partial charge on any atom is -0.440 e. The van der Waals surface area contributed by atoms with Gasteiger partial charge in [-0.1, -0.05) is 30.3 Å². The third-order valence-electron chi connectivity index (χ3n) is 2.04. The van der Waals surface area contributed by atoms with Gasteiger partial charge in [-0.2, -0.15) is 26.3 Å². The lowest BCUT2D eigenvalue weighted by molar-refractivity contribution is -0.312. The van der Waals surface area contributed by atoms with Crippen LogP contribution in [0.4, 0.5) is 26.3 Å². The number of ether oxygens (including phenoxy) is 1. The summed E-state index contributed by atoms with van der Waals surface area (Å²) in [5, 5.41) is 0. The fourth-order valence-corrected chi connectivity index (χ4v) is 1.20. The van der Waals surface area contributed by atoms with Gasteiger partial charge in [0.05, 0.1) is 0 Å². The summed E-state index contributed by atoms with van der Waals surface area (Å²) in [7, 11) is 0. The van der Waals surface area contributed by atoms with E-state index in [-0.39, 0.29) is 0 Å². The molecule has 1 aromatic carbocycles. The summed E-state index contributed by atoms with van der Waals surface area (Å²) >= 11 is 0. The first-order valence-electron chi connectivity index (χ1n) is 5.18. The van der Waals surface area contributed by atoms with Crippen LogP contribution >= 0.6 is 0 Å². The van der Waals surface area contributed by atoms with Gasteiger partial charge in [0.1, 0.15) is 0 Å². The molecule has 0 atom stereocenters. The van der Waals surface area contributed by atoms with Crippen molar-refractivity contribution in [2.75, 3.05) is 0 Å². The molecule has 0 heterocycles. The van der Waals surface area contributed by atoms with E-state index in [1.165, 1.54) is 12.1 Å². The van der Waals surface area contributed by atoms with E-state index < -0.39 is 24.4 Å². The fraction of sp³-hybridized carbons (Fsp3) is 0.250. The molecule has 0 aliphatic carbocycles. The second-order valence-electron chi connectivity index (χ2n) is 3.64. The van der Waals surface area contributed by atoms with Crippen molar-refractivity contribution in [1.82, 2.24) is 0 Å². The van der Waals surface area contributed by atoms with Gasteiger partial charge in [-0.3, -0.25) is 0 Å². The lowest BCUT2D eigenvalue weighted by Gasteiger charge is -2.22. The summed E-state index contributed by atoms with van der Waals surface area (Å²) in [6.07, 6.45) is -14.0. The third kappa shape index (κ3) is 4.94. The van der Waals surface area contributed by atoms with Gasteiger partial charge in [0, 0.05) is 6.08 Å². The van der Waals surface area contributed by atoms with E-state index in [1.807, 2.05) is 0 Å². The monoisotopic (exact) mass is 298 g/mol. The third-order valence-corrected chi connectivity index (χ3v) is 2.04. The molecule has 110 valence electrons. The number of rotatable bonds is 3. The topological polar surface area (TPSA) is 26.3 Å². The number of halogens is 6. The average molecular weight is 298 g/mol. The maximum atomic E-state index is 12.1. The quantitative estimate of drug-likeness (QED) is 0.483. The molecule has 0 aromatic heterocycles. The molecule has 1 rings (SSSR count). The Labute approximate surface area is 109 Å². The van der Waals surface area contributed by atoms with Crippen molar-refractivity contribution in [2.24, 2.45) is 0 Å². The van der Waals surface area contributed by atoms with E-state index >= 15 is 0 Å². The van der Waals surface area contributed by atoms with Crippen LogP contribution in [0.5, 0.6) is 0 Å². The minimum atomic E-state index is -5.71. The molecule has 0 bridgehead atoms. The SMILES string of the molecule is O=C(C=Cc1ccccc1)OC(C(F)(F)F)C(F)(F)F. The smallest absolute Gasteiger partial charge is 0.434 e. The van der Waals surface area contributed by atoms with Crippen molar-refractivity contribution in [1.29, 1.82) is 0 Å². The summed E-state index contributed by atoms with van der Waals surface area (Å²) in [4.78, 5) is 11.0. The second-order valence-corrected chi connectivity index (χ2v) is 3.64. The van der Waals surface area contributed by atoms with Crippen LogP contribution < -0.4 is 0 Å². The van der Waals surface area contributed by atoms with Gasteiger partial charge in [0.2, 0.25) is 0 Å². The Morgan fingerprint density at radius 3 is 1.95 bits per heavy atom. The highest BCUT2D eigenvalue weighted by molar-refractivity contribution is 5.87. The molecule has 0 saturated heterocycles. The zero-order valence-corrected chi connectivity index (χ0v) is 9.70. The summed E-state index contributed by atoms with van der Waals surface area (Å²) in [6, 6.07) is 7.83. The first kappa shape index (κ1) is 16.1. The van der Waals surface area contributed by atoms with Gasteiger partial charge < -0.3 is 4.74 Å². The van der Waals surface area contributed by atoms with Crippen molar-refractivity contribution in [3.8, 4) is 0 Å². The average Bonchev–Trinajstić information content (AvgIpc) is 2.32. The molecule has 0 spiro atoms. The molecular formula is C12H8F6O2. The van der Waals surface area contributed by atoms with Gasteiger partial charge in [-0.05, 0) is 11.6 Å². The summed E-state index contributed by atoms with van der Waals surface area (Å²) < 4.78 is 76.1. The van der Waals surface area contributed by atoms with Crippen molar-refractivity contribution in [3.63, 3.8) is 0 Å². The van der Waals surface area contributed by atoms with Crippen LogP contribution in [0.1, 0.15) is 5.56 Å². The van der Waals surface area contributed by atoms with Gasteiger partial charge in [0.15, 0.2) is 0 Å².